The Kier molecular flexibility index (Phi) is 8.93. The first kappa shape index (κ1) is 27.5. The van der Waals surface area contributed by atoms with Crippen molar-refractivity contribution in [1.82, 2.24) is 14.3 Å². The number of sulfonamides is 1. The number of aryl methyl sites for hydroxylation is 1. The van der Waals surface area contributed by atoms with Gasteiger partial charge in [0.15, 0.2) is 0 Å². The van der Waals surface area contributed by atoms with E-state index < -0.39 is 15.9 Å². The summed E-state index contributed by atoms with van der Waals surface area (Å²) in [6, 6.07) is 27.7. The summed E-state index contributed by atoms with van der Waals surface area (Å²) in [6.45, 7) is 3.79. The molecule has 9 heteroatoms. The highest BCUT2D eigenvalue weighted by atomic mass is 79.9. The number of hydrazone groups is 1. The third kappa shape index (κ3) is 6.66. The van der Waals surface area contributed by atoms with Crippen LogP contribution in [0.25, 0.3) is 5.69 Å². The molecule has 1 N–H and O–H groups in total. The van der Waals surface area contributed by atoms with Crippen LogP contribution in [0, 0.1) is 13.8 Å². The van der Waals surface area contributed by atoms with Crippen LogP contribution in [-0.4, -0.2) is 42.5 Å². The number of carbonyl (C=O) groups is 1. The molecule has 7 nitrogen and oxygen atoms in total. The topological polar surface area (TPSA) is 83.8 Å². The number of nitrogens with one attached hydrogen (secondary N) is 1. The molecule has 196 valence electrons. The van der Waals surface area contributed by atoms with Crippen molar-refractivity contribution in [2.75, 3.05) is 13.1 Å². The fourth-order valence-electron chi connectivity index (χ4n) is 4.22. The van der Waals surface area contributed by atoms with E-state index in [1.165, 1.54) is 16.4 Å². The number of amides is 1. The number of benzene rings is 3. The lowest BCUT2D eigenvalue weighted by atomic mass is 10.1. The Hall–Kier alpha value is -3.53. The molecule has 0 fully saturated rings. The normalized spacial score (nSPS) is 11.8. The van der Waals surface area contributed by atoms with Crippen LogP contribution in [-0.2, 0) is 21.2 Å². The van der Waals surface area contributed by atoms with E-state index in [4.69, 9.17) is 0 Å². The quantitative estimate of drug-likeness (QED) is 0.202. The molecular formula is C29H29BrN4O3S. The molecule has 0 aliphatic carbocycles. The molecular weight excluding hydrogens is 564 g/mol. The van der Waals surface area contributed by atoms with Gasteiger partial charge in [0.1, 0.15) is 0 Å². The summed E-state index contributed by atoms with van der Waals surface area (Å²) in [7, 11) is -3.87. The minimum absolute atomic E-state index is 0.143. The summed E-state index contributed by atoms with van der Waals surface area (Å²) in [5.74, 6) is -0.519. The molecule has 4 aromatic rings. The first-order valence-corrected chi connectivity index (χ1v) is 14.3. The standard InChI is InChI=1S/C29H29BrN4O3S/c1-22-18-25(23(2)34(22)27-13-9-12-26(30)19-27)20-31-32-29(35)21-33(17-16-24-10-5-3-6-11-24)38(36,37)28-14-7-4-8-15-28/h3-15,18-20H,16-17,21H2,1-2H3,(H,32,35)/b31-20+. The molecule has 1 amide bonds. The molecule has 0 saturated carbocycles. The Bertz CT molecular complexity index is 1530. The lowest BCUT2D eigenvalue weighted by Crippen LogP contribution is -2.40. The van der Waals surface area contributed by atoms with Gasteiger partial charge in [-0.3, -0.25) is 4.79 Å². The second kappa shape index (κ2) is 12.3. The number of halogens is 1. The van der Waals surface area contributed by atoms with Crippen molar-refractivity contribution in [3.63, 3.8) is 0 Å². The third-order valence-electron chi connectivity index (χ3n) is 6.12. The third-order valence-corrected chi connectivity index (χ3v) is 8.48. The van der Waals surface area contributed by atoms with Gasteiger partial charge in [-0.2, -0.15) is 9.41 Å². The highest BCUT2D eigenvalue weighted by molar-refractivity contribution is 9.10. The van der Waals surface area contributed by atoms with Crippen molar-refractivity contribution < 1.29 is 13.2 Å². The number of hydrogen-bond donors (Lipinski definition) is 1. The van der Waals surface area contributed by atoms with E-state index in [9.17, 15) is 13.2 Å². The van der Waals surface area contributed by atoms with Crippen molar-refractivity contribution in [3.8, 4) is 5.69 Å². The summed E-state index contributed by atoms with van der Waals surface area (Å²) in [6.07, 6.45) is 2.06. The predicted octanol–water partition coefficient (Wildman–Crippen LogP) is 5.24. The molecule has 0 radical (unpaired) electrons. The van der Waals surface area contributed by atoms with E-state index in [-0.39, 0.29) is 18.0 Å². The second-order valence-electron chi connectivity index (χ2n) is 8.82. The van der Waals surface area contributed by atoms with Crippen LogP contribution in [0.3, 0.4) is 0 Å². The lowest BCUT2D eigenvalue weighted by molar-refractivity contribution is -0.121. The minimum Gasteiger partial charge on any atom is -0.318 e. The molecule has 1 heterocycles. The second-order valence-corrected chi connectivity index (χ2v) is 11.7. The maximum absolute atomic E-state index is 13.3. The van der Waals surface area contributed by atoms with Gasteiger partial charge >= 0.3 is 0 Å². The molecule has 0 bridgehead atoms. The molecule has 4 rings (SSSR count). The van der Waals surface area contributed by atoms with Crippen molar-refractivity contribution in [1.29, 1.82) is 0 Å². The first-order valence-electron chi connectivity index (χ1n) is 12.1. The van der Waals surface area contributed by atoms with Crippen molar-refractivity contribution in [2.45, 2.75) is 25.2 Å². The van der Waals surface area contributed by atoms with Crippen molar-refractivity contribution in [2.24, 2.45) is 5.10 Å². The van der Waals surface area contributed by atoms with Gasteiger partial charge in [0, 0.05) is 33.7 Å². The van der Waals surface area contributed by atoms with Gasteiger partial charge < -0.3 is 4.57 Å². The molecule has 0 unspecified atom stereocenters. The minimum atomic E-state index is -3.87. The largest absolute Gasteiger partial charge is 0.318 e. The molecule has 0 spiro atoms. The SMILES string of the molecule is Cc1cc(/C=N/NC(=O)CN(CCc2ccccc2)S(=O)(=O)c2ccccc2)c(C)n1-c1cccc(Br)c1. The highest BCUT2D eigenvalue weighted by Gasteiger charge is 2.26. The van der Waals surface area contributed by atoms with Gasteiger partial charge in [-0.1, -0.05) is 70.5 Å². The molecule has 0 atom stereocenters. The van der Waals surface area contributed by atoms with Crippen molar-refractivity contribution >= 4 is 38.1 Å². The number of carbonyl (C=O) groups excluding carboxylic acids is 1. The highest BCUT2D eigenvalue weighted by Crippen LogP contribution is 2.22. The van der Waals surface area contributed by atoms with Crippen LogP contribution in [0.2, 0.25) is 0 Å². The molecule has 3 aromatic carbocycles. The van der Waals surface area contributed by atoms with E-state index >= 15 is 0 Å². The number of nitrogens with zero attached hydrogens (tertiary/aromatic N) is 3. The fraction of sp³-hybridized carbons (Fsp3) is 0.172. The van der Waals surface area contributed by atoms with Crippen LogP contribution < -0.4 is 5.43 Å². The summed E-state index contributed by atoms with van der Waals surface area (Å²) >= 11 is 3.51. The van der Waals surface area contributed by atoms with Gasteiger partial charge in [-0.15, -0.1) is 0 Å². The molecule has 0 saturated heterocycles. The maximum atomic E-state index is 13.3. The van der Waals surface area contributed by atoms with Gasteiger partial charge in [0.05, 0.1) is 17.7 Å². The van der Waals surface area contributed by atoms with Gasteiger partial charge in [0.2, 0.25) is 10.0 Å². The van der Waals surface area contributed by atoms with Crippen molar-refractivity contribution in [3.05, 3.63) is 118 Å². The predicted molar refractivity (Wildman–Crippen MR) is 154 cm³/mol. The number of rotatable bonds is 10. The molecule has 0 aliphatic heterocycles. The molecule has 38 heavy (non-hydrogen) atoms. The Morgan fingerprint density at radius 2 is 1.66 bits per heavy atom. The van der Waals surface area contributed by atoms with Gasteiger partial charge in [-0.05, 0) is 62.2 Å². The zero-order chi connectivity index (χ0) is 27.1. The Morgan fingerprint density at radius 1 is 0.974 bits per heavy atom. The fourth-order valence-corrected chi connectivity index (χ4v) is 6.03. The average Bonchev–Trinajstić information content (AvgIpc) is 3.20. The van der Waals surface area contributed by atoms with Gasteiger partial charge in [0.25, 0.3) is 5.91 Å². The monoisotopic (exact) mass is 592 g/mol. The lowest BCUT2D eigenvalue weighted by Gasteiger charge is -2.21. The summed E-state index contributed by atoms with van der Waals surface area (Å²) < 4.78 is 30.9. The Morgan fingerprint density at radius 3 is 2.34 bits per heavy atom. The van der Waals surface area contributed by atoms with Crippen LogP contribution in [0.1, 0.15) is 22.5 Å². The summed E-state index contributed by atoms with van der Waals surface area (Å²) in [4.78, 5) is 13.0. The van der Waals surface area contributed by atoms with Crippen LogP contribution in [0.5, 0.6) is 0 Å². The zero-order valence-corrected chi connectivity index (χ0v) is 23.6. The van der Waals surface area contributed by atoms with E-state index in [0.717, 1.165) is 32.7 Å². The van der Waals surface area contributed by atoms with Crippen LogP contribution >= 0.6 is 15.9 Å². The summed E-state index contributed by atoms with van der Waals surface area (Å²) in [5.41, 5.74) is 7.33. The van der Waals surface area contributed by atoms with E-state index in [0.29, 0.717) is 6.42 Å². The van der Waals surface area contributed by atoms with Crippen LogP contribution in [0.15, 0.2) is 105 Å². The number of aromatic nitrogens is 1. The molecule has 0 aliphatic rings. The first-order chi connectivity index (χ1) is 18.3. The smallest absolute Gasteiger partial charge is 0.255 e. The van der Waals surface area contributed by atoms with E-state index in [1.54, 1.807) is 24.4 Å². The summed E-state index contributed by atoms with van der Waals surface area (Å²) in [5, 5.41) is 4.13. The maximum Gasteiger partial charge on any atom is 0.255 e. The Labute approximate surface area is 232 Å². The zero-order valence-electron chi connectivity index (χ0n) is 21.2. The van der Waals surface area contributed by atoms with Gasteiger partial charge in [-0.25, -0.2) is 13.8 Å². The van der Waals surface area contributed by atoms with Crippen LogP contribution in [0.4, 0.5) is 0 Å². The van der Waals surface area contributed by atoms with E-state index in [2.05, 4.69) is 31.0 Å². The molecule has 1 aromatic heterocycles. The number of hydrogen-bond acceptors (Lipinski definition) is 4. The Balaban J connectivity index is 1.48. The average molecular weight is 594 g/mol. The van der Waals surface area contributed by atoms with E-state index in [1.807, 2.05) is 74.5 Å².